The van der Waals surface area contributed by atoms with Gasteiger partial charge in [-0.05, 0) is 31.2 Å². The third-order valence-corrected chi connectivity index (χ3v) is 4.99. The topological polar surface area (TPSA) is 96.4 Å². The Balaban J connectivity index is 2.41. The Morgan fingerprint density at radius 1 is 1.24 bits per heavy atom. The molecule has 112 valence electrons. The number of carboxylic acid groups (broad SMARTS) is 1. The molecule has 7 heteroatoms. The number of aromatic nitrogens is 1. The van der Waals surface area contributed by atoms with Crippen LogP contribution in [0.25, 0.3) is 10.9 Å². The molecule has 0 spiro atoms. The SMILES string of the molecule is CC(NS(=O)(=O)c1cccc2ncccc12)C(C)C(=O)O. The quantitative estimate of drug-likeness (QED) is 0.875. The molecule has 2 aromatic rings. The van der Waals surface area contributed by atoms with E-state index in [9.17, 15) is 13.2 Å². The molecule has 0 aliphatic carbocycles. The first-order valence-electron chi connectivity index (χ1n) is 6.42. The maximum absolute atomic E-state index is 12.5. The summed E-state index contributed by atoms with van der Waals surface area (Å²) in [6.45, 7) is 2.99. The van der Waals surface area contributed by atoms with Crippen molar-refractivity contribution >= 4 is 26.9 Å². The molecule has 1 aromatic heterocycles. The Bertz CT molecular complexity index is 768. The van der Waals surface area contributed by atoms with Crippen LogP contribution in [0.15, 0.2) is 41.4 Å². The van der Waals surface area contributed by atoms with Gasteiger partial charge in [0.25, 0.3) is 0 Å². The predicted molar refractivity (Wildman–Crippen MR) is 78.3 cm³/mol. The van der Waals surface area contributed by atoms with Crippen molar-refractivity contribution in [1.29, 1.82) is 0 Å². The van der Waals surface area contributed by atoms with Crippen LogP contribution in [0.5, 0.6) is 0 Å². The first kappa shape index (κ1) is 15.4. The maximum atomic E-state index is 12.5. The zero-order valence-corrected chi connectivity index (χ0v) is 12.5. The summed E-state index contributed by atoms with van der Waals surface area (Å²) in [5, 5.41) is 9.45. The minimum Gasteiger partial charge on any atom is -0.481 e. The largest absolute Gasteiger partial charge is 0.481 e. The van der Waals surface area contributed by atoms with E-state index in [1.165, 1.54) is 19.9 Å². The second-order valence-corrected chi connectivity index (χ2v) is 6.55. The molecule has 1 aromatic carbocycles. The Morgan fingerprint density at radius 3 is 2.62 bits per heavy atom. The summed E-state index contributed by atoms with van der Waals surface area (Å²) in [7, 11) is -3.82. The van der Waals surface area contributed by atoms with Crippen molar-refractivity contribution in [1.82, 2.24) is 9.71 Å². The zero-order valence-electron chi connectivity index (χ0n) is 11.6. The lowest BCUT2D eigenvalue weighted by molar-refractivity contribution is -0.141. The number of fused-ring (bicyclic) bond motifs is 1. The highest BCUT2D eigenvalue weighted by Crippen LogP contribution is 2.21. The molecular formula is C14H16N2O4S. The van der Waals surface area contributed by atoms with Gasteiger partial charge < -0.3 is 5.11 Å². The van der Waals surface area contributed by atoms with Crippen LogP contribution in [0.3, 0.4) is 0 Å². The van der Waals surface area contributed by atoms with Crippen LogP contribution in [-0.4, -0.2) is 30.5 Å². The van der Waals surface area contributed by atoms with E-state index in [1.54, 1.807) is 30.5 Å². The van der Waals surface area contributed by atoms with E-state index in [-0.39, 0.29) is 4.90 Å². The molecule has 1 heterocycles. The van der Waals surface area contributed by atoms with E-state index >= 15 is 0 Å². The monoisotopic (exact) mass is 308 g/mol. The number of rotatable bonds is 5. The second-order valence-electron chi connectivity index (χ2n) is 4.86. The van der Waals surface area contributed by atoms with Crippen molar-refractivity contribution in [3.63, 3.8) is 0 Å². The third-order valence-electron chi connectivity index (χ3n) is 3.38. The van der Waals surface area contributed by atoms with Gasteiger partial charge in [-0.1, -0.05) is 13.0 Å². The highest BCUT2D eigenvalue weighted by Gasteiger charge is 2.26. The van der Waals surface area contributed by atoms with Gasteiger partial charge in [0, 0.05) is 17.6 Å². The summed E-state index contributed by atoms with van der Waals surface area (Å²) < 4.78 is 27.3. The summed E-state index contributed by atoms with van der Waals surface area (Å²) in [5.41, 5.74) is 0.569. The average Bonchev–Trinajstić information content (AvgIpc) is 2.45. The highest BCUT2D eigenvalue weighted by atomic mass is 32.2. The number of hydrogen-bond donors (Lipinski definition) is 2. The number of aliphatic carboxylic acids is 1. The van der Waals surface area contributed by atoms with Crippen molar-refractivity contribution in [2.24, 2.45) is 5.92 Å². The minimum absolute atomic E-state index is 0.0949. The molecule has 21 heavy (non-hydrogen) atoms. The van der Waals surface area contributed by atoms with Crippen LogP contribution in [-0.2, 0) is 14.8 Å². The van der Waals surface area contributed by atoms with Crippen molar-refractivity contribution in [2.45, 2.75) is 24.8 Å². The van der Waals surface area contributed by atoms with Crippen LogP contribution in [0.1, 0.15) is 13.8 Å². The lowest BCUT2D eigenvalue weighted by atomic mass is 10.1. The molecule has 0 fully saturated rings. The maximum Gasteiger partial charge on any atom is 0.307 e. The molecule has 0 bridgehead atoms. The van der Waals surface area contributed by atoms with Crippen LogP contribution < -0.4 is 4.72 Å². The molecule has 2 unspecified atom stereocenters. The Kier molecular flexibility index (Phi) is 4.24. The number of benzene rings is 1. The van der Waals surface area contributed by atoms with E-state index in [0.717, 1.165) is 0 Å². The van der Waals surface area contributed by atoms with Crippen molar-refractivity contribution < 1.29 is 18.3 Å². The van der Waals surface area contributed by atoms with E-state index in [2.05, 4.69) is 9.71 Å². The third kappa shape index (κ3) is 3.20. The second kappa shape index (κ2) is 5.79. The fraction of sp³-hybridized carbons (Fsp3) is 0.286. The summed E-state index contributed by atoms with van der Waals surface area (Å²) in [4.78, 5) is 15.1. The smallest absolute Gasteiger partial charge is 0.307 e. The molecule has 6 nitrogen and oxygen atoms in total. The molecule has 0 aliphatic heterocycles. The van der Waals surface area contributed by atoms with Gasteiger partial charge in [0.2, 0.25) is 10.0 Å². The van der Waals surface area contributed by atoms with Gasteiger partial charge in [0.05, 0.1) is 16.3 Å². The predicted octanol–water partition coefficient (Wildman–Crippen LogP) is 1.62. The number of nitrogens with zero attached hydrogens (tertiary/aromatic N) is 1. The van der Waals surface area contributed by atoms with Gasteiger partial charge in [0.15, 0.2) is 0 Å². The van der Waals surface area contributed by atoms with Gasteiger partial charge in [-0.3, -0.25) is 9.78 Å². The van der Waals surface area contributed by atoms with Gasteiger partial charge in [-0.2, -0.15) is 0 Å². The normalized spacial score (nSPS) is 14.8. The standard InChI is InChI=1S/C14H16N2O4S/c1-9(14(17)18)10(2)16-21(19,20)13-7-3-6-12-11(13)5-4-8-15-12/h3-10,16H,1-2H3,(H,17,18). The lowest BCUT2D eigenvalue weighted by Crippen LogP contribution is -2.40. The zero-order chi connectivity index (χ0) is 15.6. The summed E-state index contributed by atoms with van der Waals surface area (Å²) in [6.07, 6.45) is 1.58. The van der Waals surface area contributed by atoms with Crippen molar-refractivity contribution in [2.75, 3.05) is 0 Å². The van der Waals surface area contributed by atoms with Gasteiger partial charge in [-0.25, -0.2) is 13.1 Å². The number of carbonyl (C=O) groups is 1. The molecule has 0 saturated heterocycles. The summed E-state index contributed by atoms with van der Waals surface area (Å²) >= 11 is 0. The molecule has 0 amide bonds. The Labute approximate surface area is 122 Å². The molecule has 0 radical (unpaired) electrons. The van der Waals surface area contributed by atoms with Crippen LogP contribution in [0, 0.1) is 5.92 Å². The number of nitrogens with one attached hydrogen (secondary N) is 1. The Morgan fingerprint density at radius 2 is 1.95 bits per heavy atom. The van der Waals surface area contributed by atoms with Crippen LogP contribution >= 0.6 is 0 Å². The molecule has 0 aliphatic rings. The molecule has 2 N–H and O–H groups in total. The first-order valence-corrected chi connectivity index (χ1v) is 7.90. The average molecular weight is 308 g/mol. The molecule has 2 rings (SSSR count). The minimum atomic E-state index is -3.82. The first-order chi connectivity index (χ1) is 9.83. The lowest BCUT2D eigenvalue weighted by Gasteiger charge is -2.18. The summed E-state index contributed by atoms with van der Waals surface area (Å²) in [5.74, 6) is -1.88. The number of hydrogen-bond acceptors (Lipinski definition) is 4. The van der Waals surface area contributed by atoms with Crippen LogP contribution in [0.4, 0.5) is 0 Å². The number of carboxylic acids is 1. The fourth-order valence-corrected chi connectivity index (χ4v) is 3.47. The van der Waals surface area contributed by atoms with Crippen molar-refractivity contribution in [3.05, 3.63) is 36.5 Å². The fourth-order valence-electron chi connectivity index (χ4n) is 1.93. The van der Waals surface area contributed by atoms with E-state index < -0.39 is 28.0 Å². The molecule has 0 saturated carbocycles. The van der Waals surface area contributed by atoms with E-state index in [0.29, 0.717) is 10.9 Å². The molecular weight excluding hydrogens is 292 g/mol. The molecule has 2 atom stereocenters. The van der Waals surface area contributed by atoms with E-state index in [1.807, 2.05) is 0 Å². The van der Waals surface area contributed by atoms with Gasteiger partial charge >= 0.3 is 5.97 Å². The van der Waals surface area contributed by atoms with E-state index in [4.69, 9.17) is 5.11 Å². The van der Waals surface area contributed by atoms with Gasteiger partial charge in [0.1, 0.15) is 0 Å². The van der Waals surface area contributed by atoms with Crippen molar-refractivity contribution in [3.8, 4) is 0 Å². The summed E-state index contributed by atoms with van der Waals surface area (Å²) in [6, 6.07) is 7.41. The van der Waals surface area contributed by atoms with Crippen LogP contribution in [0.2, 0.25) is 0 Å². The Hall–Kier alpha value is -1.99. The van der Waals surface area contributed by atoms with Gasteiger partial charge in [-0.15, -0.1) is 0 Å². The number of sulfonamides is 1. The highest BCUT2D eigenvalue weighted by molar-refractivity contribution is 7.89. The number of pyridine rings is 1.